The first-order valence-corrected chi connectivity index (χ1v) is 3.36. The van der Waals surface area contributed by atoms with Gasteiger partial charge in [-0.15, -0.1) is 0 Å². The SMILES string of the molecule is C=C/C=C(\C=C)COCOC. The highest BCUT2D eigenvalue weighted by atomic mass is 16.7. The van der Waals surface area contributed by atoms with Crippen molar-refractivity contribution in [2.75, 3.05) is 20.5 Å². The lowest BCUT2D eigenvalue weighted by Gasteiger charge is -2.01. The van der Waals surface area contributed by atoms with Crippen LogP contribution in [0.2, 0.25) is 0 Å². The molecule has 62 valence electrons. The summed E-state index contributed by atoms with van der Waals surface area (Å²) in [7, 11) is 1.59. The summed E-state index contributed by atoms with van der Waals surface area (Å²) >= 11 is 0. The summed E-state index contributed by atoms with van der Waals surface area (Å²) in [5.41, 5.74) is 0.997. The summed E-state index contributed by atoms with van der Waals surface area (Å²) in [6, 6.07) is 0. The van der Waals surface area contributed by atoms with Gasteiger partial charge in [0.15, 0.2) is 0 Å². The van der Waals surface area contributed by atoms with E-state index in [-0.39, 0.29) is 0 Å². The van der Waals surface area contributed by atoms with Crippen molar-refractivity contribution in [2.45, 2.75) is 0 Å². The average Bonchev–Trinajstić information content (AvgIpc) is 2.03. The fourth-order valence-corrected chi connectivity index (χ4v) is 0.569. The van der Waals surface area contributed by atoms with Crippen LogP contribution in [0.4, 0.5) is 0 Å². The molecule has 0 spiro atoms. The molecule has 0 aliphatic carbocycles. The first-order valence-electron chi connectivity index (χ1n) is 3.36. The van der Waals surface area contributed by atoms with E-state index in [1.54, 1.807) is 19.3 Å². The van der Waals surface area contributed by atoms with E-state index in [4.69, 9.17) is 9.47 Å². The summed E-state index contributed by atoms with van der Waals surface area (Å²) < 4.78 is 9.78. The highest BCUT2D eigenvalue weighted by molar-refractivity contribution is 5.21. The Hall–Kier alpha value is -0.860. The Balaban J connectivity index is 3.60. The van der Waals surface area contributed by atoms with Crippen molar-refractivity contribution < 1.29 is 9.47 Å². The molecule has 0 heterocycles. The Kier molecular flexibility index (Phi) is 6.68. The Morgan fingerprint density at radius 2 is 2.18 bits per heavy atom. The summed E-state index contributed by atoms with van der Waals surface area (Å²) in [5.74, 6) is 0. The van der Waals surface area contributed by atoms with Gasteiger partial charge in [-0.1, -0.05) is 31.4 Å². The molecule has 0 aromatic rings. The molecule has 0 fully saturated rings. The highest BCUT2D eigenvalue weighted by Gasteiger charge is 1.88. The van der Waals surface area contributed by atoms with Crippen LogP contribution in [0.1, 0.15) is 0 Å². The molecule has 2 heteroatoms. The Bertz CT molecular complexity index is 148. The van der Waals surface area contributed by atoms with E-state index in [9.17, 15) is 0 Å². The van der Waals surface area contributed by atoms with Crippen molar-refractivity contribution in [3.8, 4) is 0 Å². The molecule has 0 aliphatic rings. The van der Waals surface area contributed by atoms with E-state index in [2.05, 4.69) is 13.2 Å². The van der Waals surface area contributed by atoms with Crippen LogP contribution in [0.3, 0.4) is 0 Å². The van der Waals surface area contributed by atoms with Crippen LogP contribution in [0.15, 0.2) is 37.0 Å². The third-order valence-electron chi connectivity index (χ3n) is 1.06. The van der Waals surface area contributed by atoms with E-state index < -0.39 is 0 Å². The van der Waals surface area contributed by atoms with Gasteiger partial charge < -0.3 is 9.47 Å². The van der Waals surface area contributed by atoms with Crippen LogP contribution in [-0.4, -0.2) is 20.5 Å². The lowest BCUT2D eigenvalue weighted by molar-refractivity contribution is -0.0203. The molecule has 0 rings (SSSR count). The quantitative estimate of drug-likeness (QED) is 0.330. The molecule has 0 amide bonds. The second-order valence-corrected chi connectivity index (χ2v) is 1.94. The maximum atomic E-state index is 5.08. The van der Waals surface area contributed by atoms with E-state index >= 15 is 0 Å². The second kappa shape index (κ2) is 7.25. The molecule has 0 saturated heterocycles. The third-order valence-corrected chi connectivity index (χ3v) is 1.06. The van der Waals surface area contributed by atoms with Crippen molar-refractivity contribution in [3.63, 3.8) is 0 Å². The van der Waals surface area contributed by atoms with Crippen LogP contribution in [0.25, 0.3) is 0 Å². The maximum Gasteiger partial charge on any atom is 0.146 e. The van der Waals surface area contributed by atoms with Gasteiger partial charge in [0.1, 0.15) is 6.79 Å². The van der Waals surface area contributed by atoms with Gasteiger partial charge in [-0.2, -0.15) is 0 Å². The van der Waals surface area contributed by atoms with Gasteiger partial charge in [-0.05, 0) is 5.57 Å². The van der Waals surface area contributed by atoms with Crippen molar-refractivity contribution in [1.29, 1.82) is 0 Å². The molecule has 0 atom stereocenters. The van der Waals surface area contributed by atoms with Gasteiger partial charge in [0.25, 0.3) is 0 Å². The molecule has 2 nitrogen and oxygen atoms in total. The van der Waals surface area contributed by atoms with Gasteiger partial charge in [-0.25, -0.2) is 0 Å². The molecular weight excluding hydrogens is 140 g/mol. The number of hydrogen-bond donors (Lipinski definition) is 0. The molecule has 0 unspecified atom stereocenters. The van der Waals surface area contributed by atoms with E-state index in [0.717, 1.165) is 5.57 Å². The third kappa shape index (κ3) is 5.58. The standard InChI is InChI=1S/C9H14O2/c1-4-6-9(5-2)7-11-8-10-3/h4-6H,1-2,7-8H2,3H3/b9-6+. The Morgan fingerprint density at radius 3 is 2.64 bits per heavy atom. The van der Waals surface area contributed by atoms with Crippen LogP contribution < -0.4 is 0 Å². The molecule has 0 aromatic carbocycles. The van der Waals surface area contributed by atoms with E-state index in [1.165, 1.54) is 0 Å². The zero-order valence-corrected chi connectivity index (χ0v) is 6.88. The summed E-state index contributed by atoms with van der Waals surface area (Å²) in [5, 5.41) is 0. The topological polar surface area (TPSA) is 18.5 Å². The first kappa shape index (κ1) is 10.1. The van der Waals surface area contributed by atoms with Gasteiger partial charge in [0, 0.05) is 7.11 Å². The number of rotatable bonds is 6. The predicted molar refractivity (Wildman–Crippen MR) is 46.3 cm³/mol. The molecule has 0 radical (unpaired) electrons. The number of hydrogen-bond acceptors (Lipinski definition) is 2. The van der Waals surface area contributed by atoms with Gasteiger partial charge >= 0.3 is 0 Å². The van der Waals surface area contributed by atoms with E-state index in [1.807, 2.05) is 6.08 Å². The minimum atomic E-state index is 0.308. The largest absolute Gasteiger partial charge is 0.359 e. The minimum Gasteiger partial charge on any atom is -0.359 e. The molecule has 11 heavy (non-hydrogen) atoms. The van der Waals surface area contributed by atoms with Crippen LogP contribution >= 0.6 is 0 Å². The van der Waals surface area contributed by atoms with Crippen molar-refractivity contribution in [1.82, 2.24) is 0 Å². The maximum absolute atomic E-state index is 5.08. The predicted octanol–water partition coefficient (Wildman–Crippen LogP) is 1.91. The van der Waals surface area contributed by atoms with Crippen LogP contribution in [0.5, 0.6) is 0 Å². The molecule has 0 aromatic heterocycles. The van der Waals surface area contributed by atoms with Gasteiger partial charge in [0.2, 0.25) is 0 Å². The van der Waals surface area contributed by atoms with Crippen molar-refractivity contribution >= 4 is 0 Å². The highest BCUT2D eigenvalue weighted by Crippen LogP contribution is 1.96. The molecule has 0 N–H and O–H groups in total. The molecule has 0 aliphatic heterocycles. The Labute approximate surface area is 67.8 Å². The molecule has 0 saturated carbocycles. The van der Waals surface area contributed by atoms with E-state index in [0.29, 0.717) is 13.4 Å². The average molecular weight is 154 g/mol. The second-order valence-electron chi connectivity index (χ2n) is 1.94. The van der Waals surface area contributed by atoms with Crippen molar-refractivity contribution in [3.05, 3.63) is 37.0 Å². The Morgan fingerprint density at radius 1 is 1.45 bits per heavy atom. The lowest BCUT2D eigenvalue weighted by Crippen LogP contribution is -1.99. The van der Waals surface area contributed by atoms with Crippen LogP contribution in [-0.2, 0) is 9.47 Å². The fourth-order valence-electron chi connectivity index (χ4n) is 0.569. The summed E-state index contributed by atoms with van der Waals surface area (Å²) in [6.45, 7) is 8.01. The zero-order valence-electron chi connectivity index (χ0n) is 6.88. The smallest absolute Gasteiger partial charge is 0.146 e. The zero-order chi connectivity index (χ0) is 8.53. The normalized spacial score (nSPS) is 11.2. The first-order chi connectivity index (χ1) is 5.35. The van der Waals surface area contributed by atoms with Gasteiger partial charge in [0.05, 0.1) is 6.61 Å². The number of allylic oxidation sites excluding steroid dienone is 2. The summed E-state index contributed by atoms with van der Waals surface area (Å²) in [6.07, 6.45) is 5.28. The van der Waals surface area contributed by atoms with Gasteiger partial charge in [-0.3, -0.25) is 0 Å². The molecule has 0 bridgehead atoms. The fraction of sp³-hybridized carbons (Fsp3) is 0.333. The monoisotopic (exact) mass is 154 g/mol. The number of methoxy groups -OCH3 is 1. The van der Waals surface area contributed by atoms with Crippen LogP contribution in [0, 0.1) is 0 Å². The number of ether oxygens (including phenoxy) is 2. The minimum absolute atomic E-state index is 0.308. The molecular formula is C9H14O2. The lowest BCUT2D eigenvalue weighted by atomic mass is 10.2. The van der Waals surface area contributed by atoms with Crippen molar-refractivity contribution in [2.24, 2.45) is 0 Å². The summed E-state index contributed by atoms with van der Waals surface area (Å²) in [4.78, 5) is 0.